The van der Waals surface area contributed by atoms with Crippen LogP contribution in [0.2, 0.25) is 5.02 Å². The molecule has 0 amide bonds. The molecule has 100 valence electrons. The molecule has 0 unspecified atom stereocenters. The average molecular weight is 298 g/mol. The molecule has 2 N–H and O–H groups in total. The number of nitrogens with one attached hydrogen (secondary N) is 1. The number of benzene rings is 1. The number of hydrogen-bond donors (Lipinski definition) is 2. The van der Waals surface area contributed by atoms with Crippen LogP contribution in [0.3, 0.4) is 0 Å². The number of aromatic nitrogens is 1. The van der Waals surface area contributed by atoms with Gasteiger partial charge in [-0.1, -0.05) is 11.6 Å². The van der Waals surface area contributed by atoms with Gasteiger partial charge in [-0.15, -0.1) is 11.3 Å². The van der Waals surface area contributed by atoms with Crippen molar-refractivity contribution >= 4 is 34.3 Å². The lowest BCUT2D eigenvalue weighted by molar-refractivity contribution is 0.407. The summed E-state index contributed by atoms with van der Waals surface area (Å²) < 4.78 is 4.99. The number of thiazole rings is 1. The molecule has 2 aromatic rings. The molecule has 0 bridgehead atoms. The van der Waals surface area contributed by atoms with Crippen LogP contribution in [0.25, 0.3) is 0 Å². The van der Waals surface area contributed by atoms with Crippen molar-refractivity contribution in [3.8, 4) is 11.5 Å². The van der Waals surface area contributed by atoms with E-state index in [9.17, 15) is 5.11 Å². The highest BCUT2D eigenvalue weighted by atomic mass is 35.5. The molecule has 2 rings (SSSR count). The fourth-order valence-corrected chi connectivity index (χ4v) is 2.27. The molecule has 0 atom stereocenters. The number of halogens is 1. The van der Waals surface area contributed by atoms with Crippen molar-refractivity contribution in [2.75, 3.05) is 12.5 Å². The van der Waals surface area contributed by atoms with Gasteiger partial charge in [0.1, 0.15) is 11.5 Å². The van der Waals surface area contributed by atoms with Crippen molar-refractivity contribution in [1.82, 2.24) is 4.98 Å². The van der Waals surface area contributed by atoms with Crippen LogP contribution >= 0.6 is 22.9 Å². The minimum atomic E-state index is 0.00483. The molecule has 0 spiro atoms. The van der Waals surface area contributed by atoms with E-state index in [4.69, 9.17) is 16.3 Å². The second kappa shape index (κ2) is 5.90. The van der Waals surface area contributed by atoms with Gasteiger partial charge in [-0.2, -0.15) is 5.10 Å². The zero-order chi connectivity index (χ0) is 13.8. The normalized spacial score (nSPS) is 10.9. The Hall–Kier alpha value is -1.79. The Kier molecular flexibility index (Phi) is 4.24. The first-order chi connectivity index (χ1) is 9.10. The van der Waals surface area contributed by atoms with Gasteiger partial charge >= 0.3 is 0 Å². The number of hydrogen-bond acceptors (Lipinski definition) is 6. The second-order valence-electron chi connectivity index (χ2n) is 3.71. The van der Waals surface area contributed by atoms with Crippen molar-refractivity contribution in [2.45, 2.75) is 6.92 Å². The van der Waals surface area contributed by atoms with Gasteiger partial charge in [0.25, 0.3) is 0 Å². The molecule has 19 heavy (non-hydrogen) atoms. The fraction of sp³-hybridized carbons (Fsp3) is 0.167. The Labute approximate surface area is 119 Å². The summed E-state index contributed by atoms with van der Waals surface area (Å²) >= 11 is 7.47. The number of hydrazone groups is 1. The van der Waals surface area contributed by atoms with Crippen LogP contribution in [-0.4, -0.2) is 23.4 Å². The smallest absolute Gasteiger partial charge is 0.203 e. The molecule has 7 heteroatoms. The number of methoxy groups -OCH3 is 1. The Bertz CT molecular complexity index is 590. The number of phenols is 1. The largest absolute Gasteiger partial charge is 0.507 e. The standard InChI is InChI=1S/C12H12ClN3O2S/c1-7-6-19-12(15-7)16-14-5-9-10(13)3-8(18-2)4-11(9)17/h3-6,17H,1-2H3,(H,15,16). The van der Waals surface area contributed by atoms with Crippen LogP contribution in [0.5, 0.6) is 11.5 Å². The van der Waals surface area contributed by atoms with E-state index in [2.05, 4.69) is 15.5 Å². The maximum atomic E-state index is 9.81. The van der Waals surface area contributed by atoms with Crippen LogP contribution in [0.4, 0.5) is 5.13 Å². The summed E-state index contributed by atoms with van der Waals surface area (Å²) in [5.74, 6) is 0.494. The van der Waals surface area contributed by atoms with Crippen LogP contribution in [0.15, 0.2) is 22.6 Å². The number of aryl methyl sites for hydroxylation is 1. The number of anilines is 1. The van der Waals surface area contributed by atoms with Gasteiger partial charge in [-0.3, -0.25) is 5.43 Å². The molecular weight excluding hydrogens is 286 g/mol. The number of aromatic hydroxyl groups is 1. The molecule has 1 heterocycles. The highest BCUT2D eigenvalue weighted by Crippen LogP contribution is 2.29. The van der Waals surface area contributed by atoms with Gasteiger partial charge < -0.3 is 9.84 Å². The first-order valence-electron chi connectivity index (χ1n) is 5.38. The quantitative estimate of drug-likeness (QED) is 0.671. The van der Waals surface area contributed by atoms with E-state index in [-0.39, 0.29) is 5.75 Å². The van der Waals surface area contributed by atoms with E-state index in [1.807, 2.05) is 12.3 Å². The van der Waals surface area contributed by atoms with E-state index in [1.54, 1.807) is 6.07 Å². The summed E-state index contributed by atoms with van der Waals surface area (Å²) in [6.07, 6.45) is 1.44. The summed E-state index contributed by atoms with van der Waals surface area (Å²) in [5.41, 5.74) is 4.12. The third-order valence-electron chi connectivity index (χ3n) is 2.29. The Morgan fingerprint density at radius 1 is 1.53 bits per heavy atom. The Morgan fingerprint density at radius 3 is 2.89 bits per heavy atom. The predicted molar refractivity (Wildman–Crippen MR) is 77.7 cm³/mol. The van der Waals surface area contributed by atoms with Gasteiger partial charge in [0.05, 0.1) is 29.6 Å². The van der Waals surface area contributed by atoms with Gasteiger partial charge in [-0.25, -0.2) is 4.98 Å². The van der Waals surface area contributed by atoms with Gasteiger partial charge in [0.2, 0.25) is 5.13 Å². The summed E-state index contributed by atoms with van der Waals surface area (Å²) in [5, 5.41) is 16.7. The summed E-state index contributed by atoms with van der Waals surface area (Å²) in [7, 11) is 1.51. The van der Waals surface area contributed by atoms with Crippen LogP contribution in [-0.2, 0) is 0 Å². The molecule has 0 saturated carbocycles. The lowest BCUT2D eigenvalue weighted by atomic mass is 10.2. The van der Waals surface area contributed by atoms with E-state index in [1.165, 1.54) is 30.7 Å². The molecule has 5 nitrogen and oxygen atoms in total. The van der Waals surface area contributed by atoms with Gasteiger partial charge in [0.15, 0.2) is 0 Å². The molecule has 0 aliphatic heterocycles. The number of phenolic OH excluding ortho intramolecular Hbond substituents is 1. The molecule has 0 aliphatic rings. The number of rotatable bonds is 4. The van der Waals surface area contributed by atoms with Crippen molar-refractivity contribution in [3.63, 3.8) is 0 Å². The molecule has 0 radical (unpaired) electrons. The van der Waals surface area contributed by atoms with Crippen molar-refractivity contribution < 1.29 is 9.84 Å². The fourth-order valence-electron chi connectivity index (χ4n) is 1.38. The Balaban J connectivity index is 2.14. The van der Waals surface area contributed by atoms with Crippen molar-refractivity contribution in [1.29, 1.82) is 0 Å². The molecule has 0 saturated heterocycles. The second-order valence-corrected chi connectivity index (χ2v) is 4.97. The lowest BCUT2D eigenvalue weighted by Gasteiger charge is -2.05. The summed E-state index contributed by atoms with van der Waals surface area (Å²) in [6, 6.07) is 3.08. The zero-order valence-corrected chi connectivity index (χ0v) is 11.9. The zero-order valence-electron chi connectivity index (χ0n) is 10.3. The molecular formula is C12H12ClN3O2S. The number of ether oxygens (including phenoxy) is 1. The van der Waals surface area contributed by atoms with E-state index in [0.717, 1.165) is 5.69 Å². The maximum absolute atomic E-state index is 9.81. The van der Waals surface area contributed by atoms with E-state index >= 15 is 0 Å². The van der Waals surface area contributed by atoms with Crippen molar-refractivity contribution in [3.05, 3.63) is 33.8 Å². The average Bonchev–Trinajstić information content (AvgIpc) is 2.78. The van der Waals surface area contributed by atoms with Crippen molar-refractivity contribution in [2.24, 2.45) is 5.10 Å². The van der Waals surface area contributed by atoms with Gasteiger partial charge in [0, 0.05) is 11.4 Å². The lowest BCUT2D eigenvalue weighted by Crippen LogP contribution is -1.92. The van der Waals surface area contributed by atoms with Crippen LogP contribution < -0.4 is 10.2 Å². The first kappa shape index (κ1) is 13.6. The number of nitrogens with zero attached hydrogens (tertiary/aromatic N) is 2. The molecule has 0 aliphatic carbocycles. The monoisotopic (exact) mass is 297 g/mol. The maximum Gasteiger partial charge on any atom is 0.203 e. The third kappa shape index (κ3) is 3.36. The molecule has 0 fully saturated rings. The predicted octanol–water partition coefficient (Wildman–Crippen LogP) is 3.27. The van der Waals surface area contributed by atoms with Crippen LogP contribution in [0.1, 0.15) is 11.3 Å². The van der Waals surface area contributed by atoms with E-state index in [0.29, 0.717) is 21.5 Å². The highest BCUT2D eigenvalue weighted by molar-refractivity contribution is 7.13. The summed E-state index contributed by atoms with van der Waals surface area (Å²) in [4.78, 5) is 4.19. The third-order valence-corrected chi connectivity index (χ3v) is 3.47. The molecule has 1 aromatic carbocycles. The van der Waals surface area contributed by atoms with Crippen LogP contribution in [0, 0.1) is 6.92 Å². The van der Waals surface area contributed by atoms with E-state index < -0.39 is 0 Å². The molecule has 1 aromatic heterocycles. The Morgan fingerprint density at radius 2 is 2.32 bits per heavy atom. The first-order valence-corrected chi connectivity index (χ1v) is 6.63. The SMILES string of the molecule is COc1cc(O)c(C=NNc2nc(C)cs2)c(Cl)c1. The minimum Gasteiger partial charge on any atom is -0.507 e. The summed E-state index contributed by atoms with van der Waals surface area (Å²) in [6.45, 7) is 1.90. The van der Waals surface area contributed by atoms with Gasteiger partial charge in [-0.05, 0) is 13.0 Å². The highest BCUT2D eigenvalue weighted by Gasteiger charge is 2.07. The minimum absolute atomic E-state index is 0.00483. The topological polar surface area (TPSA) is 66.7 Å².